The van der Waals surface area contributed by atoms with Crippen LogP contribution < -0.4 is 5.32 Å². The van der Waals surface area contributed by atoms with E-state index in [0.29, 0.717) is 5.92 Å². The second-order valence-electron chi connectivity index (χ2n) is 5.82. The normalized spacial score (nSPS) is 12.3. The Bertz CT molecular complexity index is 789. The van der Waals surface area contributed by atoms with E-state index in [9.17, 15) is 4.79 Å². The highest BCUT2D eigenvalue weighted by Crippen LogP contribution is 2.26. The van der Waals surface area contributed by atoms with Crippen molar-refractivity contribution in [3.63, 3.8) is 0 Å². The van der Waals surface area contributed by atoms with Gasteiger partial charge in [0.15, 0.2) is 0 Å². The third kappa shape index (κ3) is 3.42. The molecular weight excluding hydrogens is 286 g/mol. The van der Waals surface area contributed by atoms with E-state index in [2.05, 4.69) is 30.2 Å². The standard InChI is InChI=1S/C19H21N3O/c1-3-14(2)16-8-4-5-9-17(16)21-19(23)12-15-13-22-11-7-6-10-18(22)20-15/h4-11,13-14H,3,12H2,1-2H3,(H,21,23). The highest BCUT2D eigenvalue weighted by atomic mass is 16.1. The topological polar surface area (TPSA) is 46.4 Å². The number of nitrogens with one attached hydrogen (secondary N) is 1. The van der Waals surface area contributed by atoms with Crippen molar-refractivity contribution in [2.45, 2.75) is 32.6 Å². The fourth-order valence-corrected chi connectivity index (χ4v) is 2.69. The maximum atomic E-state index is 12.4. The number of fused-ring (bicyclic) bond motifs is 1. The van der Waals surface area contributed by atoms with Gasteiger partial charge < -0.3 is 9.72 Å². The number of aromatic nitrogens is 2. The van der Waals surface area contributed by atoms with Crippen molar-refractivity contribution >= 4 is 17.2 Å². The maximum absolute atomic E-state index is 12.4. The average molecular weight is 307 g/mol. The van der Waals surface area contributed by atoms with Gasteiger partial charge in [-0.15, -0.1) is 0 Å². The first-order chi connectivity index (χ1) is 11.2. The zero-order valence-electron chi connectivity index (χ0n) is 13.5. The molecule has 0 aliphatic carbocycles. The van der Waals surface area contributed by atoms with Crippen LogP contribution in [0.5, 0.6) is 0 Å². The molecule has 4 heteroatoms. The molecule has 4 nitrogen and oxygen atoms in total. The van der Waals surface area contributed by atoms with Crippen molar-refractivity contribution < 1.29 is 4.79 Å². The Labute approximate surface area is 136 Å². The van der Waals surface area contributed by atoms with E-state index < -0.39 is 0 Å². The number of hydrogen-bond donors (Lipinski definition) is 1. The zero-order valence-corrected chi connectivity index (χ0v) is 13.5. The van der Waals surface area contributed by atoms with Crippen molar-refractivity contribution in [3.8, 4) is 0 Å². The van der Waals surface area contributed by atoms with Crippen LogP contribution in [-0.2, 0) is 11.2 Å². The van der Waals surface area contributed by atoms with Gasteiger partial charge in [0.2, 0.25) is 5.91 Å². The van der Waals surface area contributed by atoms with Crippen molar-refractivity contribution in [1.29, 1.82) is 0 Å². The third-order valence-electron chi connectivity index (χ3n) is 4.13. The number of nitrogens with zero attached hydrogens (tertiary/aromatic N) is 2. The van der Waals surface area contributed by atoms with E-state index in [-0.39, 0.29) is 12.3 Å². The molecule has 0 saturated heterocycles. The van der Waals surface area contributed by atoms with Gasteiger partial charge in [-0.3, -0.25) is 4.79 Å². The fourth-order valence-electron chi connectivity index (χ4n) is 2.69. The van der Waals surface area contributed by atoms with E-state index in [0.717, 1.165) is 23.4 Å². The summed E-state index contributed by atoms with van der Waals surface area (Å²) >= 11 is 0. The number of rotatable bonds is 5. The summed E-state index contributed by atoms with van der Waals surface area (Å²) in [7, 11) is 0. The first-order valence-corrected chi connectivity index (χ1v) is 7.98. The van der Waals surface area contributed by atoms with E-state index in [1.165, 1.54) is 5.56 Å². The molecule has 23 heavy (non-hydrogen) atoms. The van der Waals surface area contributed by atoms with Gasteiger partial charge in [-0.1, -0.05) is 38.1 Å². The van der Waals surface area contributed by atoms with Crippen LogP contribution in [0.4, 0.5) is 5.69 Å². The molecule has 1 N–H and O–H groups in total. The van der Waals surface area contributed by atoms with Crippen LogP contribution in [0.2, 0.25) is 0 Å². The molecule has 0 fully saturated rings. The second-order valence-corrected chi connectivity index (χ2v) is 5.82. The number of imidazole rings is 1. The van der Waals surface area contributed by atoms with Crippen molar-refractivity contribution in [3.05, 3.63) is 66.1 Å². The number of pyridine rings is 1. The molecule has 0 aliphatic heterocycles. The number of hydrogen-bond acceptors (Lipinski definition) is 2. The third-order valence-corrected chi connectivity index (χ3v) is 4.13. The van der Waals surface area contributed by atoms with Crippen LogP contribution in [0.15, 0.2) is 54.9 Å². The molecule has 0 bridgehead atoms. The molecule has 3 rings (SSSR count). The molecule has 0 radical (unpaired) electrons. The first-order valence-electron chi connectivity index (χ1n) is 7.98. The van der Waals surface area contributed by atoms with Gasteiger partial charge in [-0.05, 0) is 36.1 Å². The average Bonchev–Trinajstić information content (AvgIpc) is 2.96. The lowest BCUT2D eigenvalue weighted by molar-refractivity contribution is -0.115. The summed E-state index contributed by atoms with van der Waals surface area (Å²) in [5.74, 6) is 0.380. The van der Waals surface area contributed by atoms with E-state index in [1.807, 2.05) is 53.2 Å². The minimum atomic E-state index is -0.0378. The number of amides is 1. The molecule has 0 aliphatic rings. The summed E-state index contributed by atoms with van der Waals surface area (Å²) in [6.07, 6.45) is 5.15. The summed E-state index contributed by atoms with van der Waals surface area (Å²) in [6, 6.07) is 13.8. The van der Waals surface area contributed by atoms with Crippen LogP contribution >= 0.6 is 0 Å². The Hall–Kier alpha value is -2.62. The lowest BCUT2D eigenvalue weighted by atomic mass is 9.97. The molecule has 3 aromatic rings. The summed E-state index contributed by atoms with van der Waals surface area (Å²) in [5.41, 5.74) is 3.71. The van der Waals surface area contributed by atoms with Gasteiger partial charge in [0.1, 0.15) is 5.65 Å². The van der Waals surface area contributed by atoms with Crippen molar-refractivity contribution in [2.24, 2.45) is 0 Å². The molecular formula is C19H21N3O. The summed E-state index contributed by atoms with van der Waals surface area (Å²) in [6.45, 7) is 4.33. The summed E-state index contributed by atoms with van der Waals surface area (Å²) in [5, 5.41) is 3.03. The number of carbonyl (C=O) groups is 1. The van der Waals surface area contributed by atoms with Crippen molar-refractivity contribution in [2.75, 3.05) is 5.32 Å². The number of para-hydroxylation sites is 1. The summed E-state index contributed by atoms with van der Waals surface area (Å²) < 4.78 is 1.93. The van der Waals surface area contributed by atoms with Crippen molar-refractivity contribution in [1.82, 2.24) is 9.38 Å². The molecule has 118 valence electrons. The Morgan fingerprint density at radius 3 is 2.78 bits per heavy atom. The molecule has 1 amide bonds. The second kappa shape index (κ2) is 6.65. The Morgan fingerprint density at radius 2 is 2.00 bits per heavy atom. The Morgan fingerprint density at radius 1 is 1.22 bits per heavy atom. The molecule has 0 saturated carbocycles. The van der Waals surface area contributed by atoms with E-state index >= 15 is 0 Å². The van der Waals surface area contributed by atoms with E-state index in [4.69, 9.17) is 0 Å². The lowest BCUT2D eigenvalue weighted by Gasteiger charge is -2.15. The highest BCUT2D eigenvalue weighted by molar-refractivity contribution is 5.92. The zero-order chi connectivity index (χ0) is 16.2. The van der Waals surface area contributed by atoms with Crippen LogP contribution in [0.1, 0.15) is 37.4 Å². The Balaban J connectivity index is 1.74. The van der Waals surface area contributed by atoms with Crippen LogP contribution in [0, 0.1) is 0 Å². The smallest absolute Gasteiger partial charge is 0.230 e. The predicted octanol–water partition coefficient (Wildman–Crippen LogP) is 4.03. The predicted molar refractivity (Wildman–Crippen MR) is 92.7 cm³/mol. The Kier molecular flexibility index (Phi) is 4.42. The molecule has 0 spiro atoms. The molecule has 1 aromatic carbocycles. The van der Waals surface area contributed by atoms with Crippen LogP contribution in [-0.4, -0.2) is 15.3 Å². The fraction of sp³-hybridized carbons (Fsp3) is 0.263. The van der Waals surface area contributed by atoms with Gasteiger partial charge in [0.25, 0.3) is 0 Å². The minimum absolute atomic E-state index is 0.0378. The van der Waals surface area contributed by atoms with Gasteiger partial charge >= 0.3 is 0 Å². The largest absolute Gasteiger partial charge is 0.325 e. The SMILES string of the molecule is CCC(C)c1ccccc1NC(=O)Cc1cn2ccccc2n1. The summed E-state index contributed by atoms with van der Waals surface area (Å²) in [4.78, 5) is 16.8. The molecule has 2 aromatic heterocycles. The van der Waals surface area contributed by atoms with Gasteiger partial charge in [0.05, 0.1) is 12.1 Å². The van der Waals surface area contributed by atoms with Crippen LogP contribution in [0.25, 0.3) is 5.65 Å². The minimum Gasteiger partial charge on any atom is -0.325 e. The van der Waals surface area contributed by atoms with Crippen LogP contribution in [0.3, 0.4) is 0 Å². The van der Waals surface area contributed by atoms with Gasteiger partial charge in [-0.2, -0.15) is 0 Å². The number of carbonyl (C=O) groups excluding carboxylic acids is 1. The molecule has 1 unspecified atom stereocenters. The van der Waals surface area contributed by atoms with E-state index in [1.54, 1.807) is 0 Å². The maximum Gasteiger partial charge on any atom is 0.230 e. The van der Waals surface area contributed by atoms with Gasteiger partial charge in [-0.25, -0.2) is 4.98 Å². The number of benzene rings is 1. The molecule has 2 heterocycles. The number of anilines is 1. The molecule has 1 atom stereocenters. The lowest BCUT2D eigenvalue weighted by Crippen LogP contribution is -2.16. The first kappa shape index (κ1) is 15.3. The quantitative estimate of drug-likeness (QED) is 0.773. The monoisotopic (exact) mass is 307 g/mol. The highest BCUT2D eigenvalue weighted by Gasteiger charge is 2.12. The van der Waals surface area contributed by atoms with Gasteiger partial charge in [0, 0.05) is 18.1 Å².